The molecule has 0 spiro atoms. The van der Waals surface area contributed by atoms with Crippen LogP contribution >= 0.6 is 0 Å². The summed E-state index contributed by atoms with van der Waals surface area (Å²) in [7, 11) is 0. The molecule has 0 aliphatic heterocycles. The fourth-order valence-corrected chi connectivity index (χ4v) is 2.38. The van der Waals surface area contributed by atoms with Crippen LogP contribution in [0.5, 0.6) is 0 Å². The van der Waals surface area contributed by atoms with Crippen LogP contribution in [0, 0.1) is 5.92 Å². The van der Waals surface area contributed by atoms with Crippen molar-refractivity contribution >= 4 is 11.6 Å². The molecule has 3 heteroatoms. The van der Waals surface area contributed by atoms with Gasteiger partial charge in [0.25, 0.3) is 0 Å². The lowest BCUT2D eigenvalue weighted by Gasteiger charge is -2.16. The van der Waals surface area contributed by atoms with Gasteiger partial charge in [0.1, 0.15) is 0 Å². The number of carbonyl (C=O) groups excluding carboxylic acids is 1. The van der Waals surface area contributed by atoms with E-state index < -0.39 is 0 Å². The van der Waals surface area contributed by atoms with E-state index in [4.69, 9.17) is 0 Å². The lowest BCUT2D eigenvalue weighted by Crippen LogP contribution is -2.22. The van der Waals surface area contributed by atoms with Gasteiger partial charge in [-0.25, -0.2) is 0 Å². The van der Waals surface area contributed by atoms with Crippen molar-refractivity contribution in [2.75, 3.05) is 5.32 Å². The Balaban J connectivity index is 1.79. The Morgan fingerprint density at radius 2 is 1.95 bits per heavy atom. The predicted molar refractivity (Wildman–Crippen MR) is 74.8 cm³/mol. The number of rotatable bonds is 4. The van der Waals surface area contributed by atoms with Crippen molar-refractivity contribution in [1.29, 1.82) is 0 Å². The molecule has 2 aromatic rings. The van der Waals surface area contributed by atoms with Crippen LogP contribution in [0.2, 0.25) is 0 Å². The van der Waals surface area contributed by atoms with E-state index in [1.807, 2.05) is 42.5 Å². The normalized spacial score (nSPS) is 15.8. The highest BCUT2D eigenvalue weighted by molar-refractivity contribution is 5.96. The average molecular weight is 252 g/mol. The zero-order chi connectivity index (χ0) is 13.1. The number of nitrogens with one attached hydrogen (secondary N) is 1. The van der Waals surface area contributed by atoms with Crippen LogP contribution in [0.4, 0.5) is 5.69 Å². The molecule has 0 radical (unpaired) electrons. The molecule has 3 nitrogen and oxygen atoms in total. The Morgan fingerprint density at radius 1 is 1.16 bits per heavy atom. The Kier molecular flexibility index (Phi) is 3.27. The average Bonchev–Trinajstić information content (AvgIpc) is 3.26. The van der Waals surface area contributed by atoms with Gasteiger partial charge in [-0.15, -0.1) is 0 Å². The quantitative estimate of drug-likeness (QED) is 0.907. The van der Waals surface area contributed by atoms with E-state index in [0.717, 1.165) is 24.1 Å². The molecule has 1 aliphatic carbocycles. The molecule has 0 saturated heterocycles. The van der Waals surface area contributed by atoms with Gasteiger partial charge in [0.2, 0.25) is 5.91 Å². The first-order valence-electron chi connectivity index (χ1n) is 6.60. The van der Waals surface area contributed by atoms with E-state index in [1.54, 1.807) is 12.4 Å². The van der Waals surface area contributed by atoms with Crippen molar-refractivity contribution in [1.82, 2.24) is 4.98 Å². The smallest absolute Gasteiger partial charge is 0.232 e. The molecule has 1 atom stereocenters. The van der Waals surface area contributed by atoms with Crippen LogP contribution in [0.1, 0.15) is 24.3 Å². The molecule has 19 heavy (non-hydrogen) atoms. The lowest BCUT2D eigenvalue weighted by molar-refractivity contribution is -0.118. The maximum atomic E-state index is 12.5. The highest BCUT2D eigenvalue weighted by Crippen LogP contribution is 2.43. The summed E-state index contributed by atoms with van der Waals surface area (Å²) in [5.74, 6) is 0.516. The van der Waals surface area contributed by atoms with Gasteiger partial charge in [-0.05, 0) is 36.5 Å². The van der Waals surface area contributed by atoms with Crippen molar-refractivity contribution in [2.45, 2.75) is 18.8 Å². The van der Waals surface area contributed by atoms with Gasteiger partial charge in [0.15, 0.2) is 0 Å². The van der Waals surface area contributed by atoms with E-state index in [-0.39, 0.29) is 11.8 Å². The Labute approximate surface area is 112 Å². The zero-order valence-electron chi connectivity index (χ0n) is 10.6. The van der Waals surface area contributed by atoms with Crippen LogP contribution in [-0.4, -0.2) is 10.9 Å². The summed E-state index contributed by atoms with van der Waals surface area (Å²) >= 11 is 0. The topological polar surface area (TPSA) is 42.0 Å². The highest BCUT2D eigenvalue weighted by Gasteiger charge is 2.37. The number of aromatic nitrogens is 1. The number of benzene rings is 1. The highest BCUT2D eigenvalue weighted by atomic mass is 16.1. The van der Waals surface area contributed by atoms with E-state index >= 15 is 0 Å². The van der Waals surface area contributed by atoms with E-state index in [2.05, 4.69) is 10.3 Å². The van der Waals surface area contributed by atoms with Crippen molar-refractivity contribution in [3.8, 4) is 0 Å². The molecular formula is C16H16N2O. The maximum absolute atomic E-state index is 12.5. The van der Waals surface area contributed by atoms with E-state index in [9.17, 15) is 4.79 Å². The first kappa shape index (κ1) is 11.9. The Morgan fingerprint density at radius 3 is 2.58 bits per heavy atom. The molecule has 1 aliphatic rings. The number of anilines is 1. The molecule has 0 bridgehead atoms. The molecule has 1 amide bonds. The first-order chi connectivity index (χ1) is 9.34. The molecule has 96 valence electrons. The van der Waals surface area contributed by atoms with Gasteiger partial charge in [-0.2, -0.15) is 0 Å². The summed E-state index contributed by atoms with van der Waals surface area (Å²) in [4.78, 5) is 16.5. The molecular weight excluding hydrogens is 236 g/mol. The van der Waals surface area contributed by atoms with E-state index in [0.29, 0.717) is 5.92 Å². The van der Waals surface area contributed by atoms with Crippen molar-refractivity contribution in [3.63, 3.8) is 0 Å². The van der Waals surface area contributed by atoms with Crippen LogP contribution in [0.15, 0.2) is 54.9 Å². The molecule has 1 saturated carbocycles. The number of hydrogen-bond donors (Lipinski definition) is 1. The van der Waals surface area contributed by atoms with Gasteiger partial charge in [0, 0.05) is 6.20 Å². The SMILES string of the molecule is O=C(Nc1cccnc1)C(c1ccccc1)C1CC1. The minimum Gasteiger partial charge on any atom is -0.324 e. The zero-order valence-corrected chi connectivity index (χ0v) is 10.6. The molecule has 1 fully saturated rings. The van der Waals surface area contributed by atoms with Crippen LogP contribution in [0.3, 0.4) is 0 Å². The standard InChI is InChI=1S/C16H16N2O/c19-16(18-14-7-4-10-17-11-14)15(13-8-9-13)12-5-2-1-3-6-12/h1-7,10-11,13,15H,8-9H2,(H,18,19). The van der Waals surface area contributed by atoms with Crippen molar-refractivity contribution in [2.24, 2.45) is 5.92 Å². The molecule has 1 N–H and O–H groups in total. The lowest BCUT2D eigenvalue weighted by atomic mass is 9.93. The summed E-state index contributed by atoms with van der Waals surface area (Å²) < 4.78 is 0. The van der Waals surface area contributed by atoms with Gasteiger partial charge in [-0.1, -0.05) is 30.3 Å². The van der Waals surface area contributed by atoms with Gasteiger partial charge in [0.05, 0.1) is 17.8 Å². The molecule has 3 rings (SSSR count). The third kappa shape index (κ3) is 2.81. The third-order valence-corrected chi connectivity index (χ3v) is 3.46. The summed E-state index contributed by atoms with van der Waals surface area (Å²) in [6.45, 7) is 0. The molecule has 1 unspecified atom stereocenters. The second-order valence-corrected chi connectivity index (χ2v) is 4.96. The minimum absolute atomic E-state index is 0.0404. The largest absolute Gasteiger partial charge is 0.324 e. The van der Waals surface area contributed by atoms with Crippen molar-refractivity contribution in [3.05, 3.63) is 60.4 Å². The fourth-order valence-electron chi connectivity index (χ4n) is 2.38. The number of amides is 1. The summed E-state index contributed by atoms with van der Waals surface area (Å²) in [6.07, 6.45) is 5.65. The summed E-state index contributed by atoms with van der Waals surface area (Å²) in [6, 6.07) is 13.7. The number of nitrogens with zero attached hydrogens (tertiary/aromatic N) is 1. The minimum atomic E-state index is -0.0404. The van der Waals surface area contributed by atoms with Gasteiger partial charge in [-0.3, -0.25) is 9.78 Å². The van der Waals surface area contributed by atoms with Crippen LogP contribution < -0.4 is 5.32 Å². The molecule has 1 aromatic carbocycles. The maximum Gasteiger partial charge on any atom is 0.232 e. The Hall–Kier alpha value is -2.16. The Bertz CT molecular complexity index is 549. The number of carbonyl (C=O) groups is 1. The number of pyridine rings is 1. The fraction of sp³-hybridized carbons (Fsp3) is 0.250. The summed E-state index contributed by atoms with van der Waals surface area (Å²) in [5, 5.41) is 2.96. The van der Waals surface area contributed by atoms with Crippen LogP contribution in [-0.2, 0) is 4.79 Å². The second-order valence-electron chi connectivity index (χ2n) is 4.96. The van der Waals surface area contributed by atoms with Crippen LogP contribution in [0.25, 0.3) is 0 Å². The molecule has 1 aromatic heterocycles. The first-order valence-corrected chi connectivity index (χ1v) is 6.60. The number of hydrogen-bond acceptors (Lipinski definition) is 2. The van der Waals surface area contributed by atoms with E-state index in [1.165, 1.54) is 0 Å². The van der Waals surface area contributed by atoms with Crippen molar-refractivity contribution < 1.29 is 4.79 Å². The second kappa shape index (κ2) is 5.22. The van der Waals surface area contributed by atoms with Gasteiger partial charge >= 0.3 is 0 Å². The molecule has 1 heterocycles. The van der Waals surface area contributed by atoms with Gasteiger partial charge < -0.3 is 5.32 Å². The summed E-state index contributed by atoms with van der Waals surface area (Å²) in [5.41, 5.74) is 1.86. The predicted octanol–water partition coefficient (Wildman–Crippen LogP) is 3.21. The monoisotopic (exact) mass is 252 g/mol. The third-order valence-electron chi connectivity index (χ3n) is 3.46.